The monoisotopic (exact) mass is 331 g/mol. The molecule has 0 saturated carbocycles. The number of hydrogen-bond donors (Lipinski definition) is 2. The summed E-state index contributed by atoms with van der Waals surface area (Å²) in [4.78, 5) is 23.4. The lowest BCUT2D eigenvalue weighted by Gasteiger charge is -2.42. The zero-order chi connectivity index (χ0) is 16.7. The third-order valence-electron chi connectivity index (χ3n) is 4.02. The first-order valence-electron chi connectivity index (χ1n) is 8.12. The summed E-state index contributed by atoms with van der Waals surface area (Å²) in [6.45, 7) is 2.36. The van der Waals surface area contributed by atoms with Crippen molar-refractivity contribution in [2.24, 2.45) is 0 Å². The minimum Gasteiger partial charge on any atom is -0.479 e. The van der Waals surface area contributed by atoms with Crippen LogP contribution in [-0.4, -0.2) is 61.5 Å². The van der Waals surface area contributed by atoms with Gasteiger partial charge in [-0.1, -0.05) is 32.6 Å². The topological polar surface area (TPSA) is 103 Å². The second kappa shape index (κ2) is 9.17. The van der Waals surface area contributed by atoms with E-state index in [1.807, 2.05) is 0 Å². The number of carboxylic acids is 1. The molecule has 2 N–H and O–H groups in total. The van der Waals surface area contributed by atoms with E-state index < -0.39 is 30.4 Å². The number of fused-ring (bicyclic) bond motifs is 1. The fraction of sp³-hybridized carbons (Fsp3) is 0.867. The van der Waals surface area contributed by atoms with Crippen LogP contribution in [0.25, 0.3) is 0 Å². The Balaban J connectivity index is 1.81. The normalized spacial score (nSPS) is 30.5. The van der Waals surface area contributed by atoms with E-state index in [4.69, 9.17) is 24.1 Å². The van der Waals surface area contributed by atoms with Gasteiger partial charge in [0, 0.05) is 6.54 Å². The van der Waals surface area contributed by atoms with Crippen molar-refractivity contribution in [2.75, 3.05) is 20.1 Å². The zero-order valence-electron chi connectivity index (χ0n) is 13.4. The molecular formula is C15H25NO7. The standard InChI is InChI=1S/C15H25NO7/c1-2-3-4-5-6-7-16-14(17)12-10-11(21-8-22-12)13(15(18)19)23-9-20-10/h10-13H,2-9H2,1H3,(H,16,17)(H,18,19)/t10-,11-,12-,13+/m0/s1. The molecule has 8 heteroatoms. The zero-order valence-corrected chi connectivity index (χ0v) is 13.4. The number of hydrogen-bond acceptors (Lipinski definition) is 6. The molecule has 0 aromatic rings. The molecule has 0 radical (unpaired) electrons. The molecule has 2 aliphatic heterocycles. The Morgan fingerprint density at radius 1 is 0.957 bits per heavy atom. The van der Waals surface area contributed by atoms with Crippen LogP contribution in [-0.2, 0) is 28.5 Å². The van der Waals surface area contributed by atoms with Crippen LogP contribution in [0.5, 0.6) is 0 Å². The molecule has 2 saturated heterocycles. The summed E-state index contributed by atoms with van der Waals surface area (Å²) in [7, 11) is 0. The minimum atomic E-state index is -1.15. The van der Waals surface area contributed by atoms with Crippen molar-refractivity contribution in [2.45, 2.75) is 63.4 Å². The van der Waals surface area contributed by atoms with Crippen molar-refractivity contribution in [1.29, 1.82) is 0 Å². The Kier molecular flexibility index (Phi) is 7.22. The molecule has 4 atom stereocenters. The predicted molar refractivity (Wildman–Crippen MR) is 78.6 cm³/mol. The molecule has 2 aliphatic rings. The van der Waals surface area contributed by atoms with Gasteiger partial charge in [0.05, 0.1) is 0 Å². The van der Waals surface area contributed by atoms with Gasteiger partial charge in [0.1, 0.15) is 25.8 Å². The Labute approximate surface area is 135 Å². The summed E-state index contributed by atoms with van der Waals surface area (Å²) < 4.78 is 21.0. The van der Waals surface area contributed by atoms with E-state index in [9.17, 15) is 9.59 Å². The Morgan fingerprint density at radius 3 is 2.22 bits per heavy atom. The van der Waals surface area contributed by atoms with E-state index in [1.165, 1.54) is 12.8 Å². The third kappa shape index (κ3) is 4.87. The van der Waals surface area contributed by atoms with Gasteiger partial charge >= 0.3 is 5.97 Å². The van der Waals surface area contributed by atoms with Gasteiger partial charge in [-0.05, 0) is 6.42 Å². The molecule has 0 bridgehead atoms. The maximum atomic E-state index is 12.3. The highest BCUT2D eigenvalue weighted by Crippen LogP contribution is 2.26. The van der Waals surface area contributed by atoms with Gasteiger partial charge in [0.2, 0.25) is 0 Å². The molecule has 2 fully saturated rings. The van der Waals surface area contributed by atoms with E-state index in [1.54, 1.807) is 0 Å². The Bertz CT molecular complexity index is 403. The lowest BCUT2D eigenvalue weighted by atomic mass is 10.00. The average Bonchev–Trinajstić information content (AvgIpc) is 2.56. The number of amides is 1. The molecule has 0 spiro atoms. The second-order valence-electron chi connectivity index (χ2n) is 5.72. The highest BCUT2D eigenvalue weighted by atomic mass is 16.8. The first-order valence-corrected chi connectivity index (χ1v) is 8.12. The number of rotatable bonds is 8. The van der Waals surface area contributed by atoms with Crippen LogP contribution >= 0.6 is 0 Å². The molecule has 2 rings (SSSR count). The summed E-state index contributed by atoms with van der Waals surface area (Å²) in [6, 6.07) is 0. The van der Waals surface area contributed by atoms with E-state index in [2.05, 4.69) is 12.2 Å². The lowest BCUT2D eigenvalue weighted by molar-refractivity contribution is -0.313. The average molecular weight is 331 g/mol. The van der Waals surface area contributed by atoms with Crippen molar-refractivity contribution in [1.82, 2.24) is 5.32 Å². The first kappa shape index (κ1) is 18.1. The van der Waals surface area contributed by atoms with Gasteiger partial charge in [-0.25, -0.2) is 4.79 Å². The van der Waals surface area contributed by atoms with Crippen LogP contribution in [0.3, 0.4) is 0 Å². The fourth-order valence-electron chi connectivity index (χ4n) is 2.76. The first-order chi connectivity index (χ1) is 11.1. The number of nitrogens with one attached hydrogen (secondary N) is 1. The van der Waals surface area contributed by atoms with Gasteiger partial charge in [-0.15, -0.1) is 0 Å². The molecule has 2 heterocycles. The predicted octanol–water partition coefficient (Wildman–Crippen LogP) is 0.641. The molecule has 0 unspecified atom stereocenters. The molecule has 0 aliphatic carbocycles. The highest BCUT2D eigenvalue weighted by molar-refractivity contribution is 5.82. The molecule has 1 amide bonds. The fourth-order valence-corrected chi connectivity index (χ4v) is 2.76. The quantitative estimate of drug-likeness (QED) is 0.629. The van der Waals surface area contributed by atoms with Gasteiger partial charge in [0.25, 0.3) is 5.91 Å². The lowest BCUT2D eigenvalue weighted by Crippen LogP contribution is -2.62. The van der Waals surface area contributed by atoms with Crippen molar-refractivity contribution in [3.8, 4) is 0 Å². The van der Waals surface area contributed by atoms with Crippen LogP contribution in [0.1, 0.15) is 39.0 Å². The van der Waals surface area contributed by atoms with Crippen LogP contribution in [0.4, 0.5) is 0 Å². The van der Waals surface area contributed by atoms with E-state index in [0.717, 1.165) is 19.3 Å². The minimum absolute atomic E-state index is 0.160. The second-order valence-corrected chi connectivity index (χ2v) is 5.72. The van der Waals surface area contributed by atoms with Gasteiger partial charge in [-0.3, -0.25) is 4.79 Å². The number of aliphatic carboxylic acids is 1. The molecule has 8 nitrogen and oxygen atoms in total. The maximum Gasteiger partial charge on any atom is 0.335 e. The summed E-state index contributed by atoms with van der Waals surface area (Å²) in [5.41, 5.74) is 0. The number of carbonyl (C=O) groups excluding carboxylic acids is 1. The van der Waals surface area contributed by atoms with Crippen LogP contribution in [0, 0.1) is 0 Å². The summed E-state index contributed by atoms with van der Waals surface area (Å²) in [5.74, 6) is -1.44. The molecule has 0 aromatic heterocycles. The van der Waals surface area contributed by atoms with Gasteiger partial charge in [-0.2, -0.15) is 0 Å². The van der Waals surface area contributed by atoms with Crippen molar-refractivity contribution in [3.63, 3.8) is 0 Å². The van der Waals surface area contributed by atoms with Crippen molar-refractivity contribution in [3.05, 3.63) is 0 Å². The Morgan fingerprint density at radius 2 is 1.57 bits per heavy atom. The summed E-state index contributed by atoms with van der Waals surface area (Å²) >= 11 is 0. The molecule has 0 aromatic carbocycles. The van der Waals surface area contributed by atoms with E-state index in [0.29, 0.717) is 6.54 Å². The highest BCUT2D eigenvalue weighted by Gasteiger charge is 2.49. The number of unbranched alkanes of at least 4 members (excludes halogenated alkanes) is 4. The van der Waals surface area contributed by atoms with Crippen LogP contribution < -0.4 is 5.32 Å². The van der Waals surface area contributed by atoms with Crippen LogP contribution in [0.15, 0.2) is 0 Å². The summed E-state index contributed by atoms with van der Waals surface area (Å²) in [5, 5.41) is 12.0. The van der Waals surface area contributed by atoms with Gasteiger partial charge in [0.15, 0.2) is 12.2 Å². The van der Waals surface area contributed by atoms with Gasteiger partial charge < -0.3 is 29.4 Å². The maximum absolute atomic E-state index is 12.3. The smallest absolute Gasteiger partial charge is 0.335 e. The van der Waals surface area contributed by atoms with E-state index >= 15 is 0 Å². The number of carboxylic acid groups (broad SMARTS) is 1. The van der Waals surface area contributed by atoms with Crippen molar-refractivity contribution >= 4 is 11.9 Å². The largest absolute Gasteiger partial charge is 0.479 e. The molecule has 132 valence electrons. The number of carbonyl (C=O) groups is 2. The number of ether oxygens (including phenoxy) is 4. The van der Waals surface area contributed by atoms with Crippen molar-refractivity contribution < 1.29 is 33.6 Å². The SMILES string of the molecule is CCCCCCCNC(=O)[C@H]1OCO[C@H]2[C@@H]1OCO[C@H]2C(=O)O. The summed E-state index contributed by atoms with van der Waals surface area (Å²) in [6.07, 6.45) is 1.85. The van der Waals surface area contributed by atoms with Crippen LogP contribution in [0.2, 0.25) is 0 Å². The van der Waals surface area contributed by atoms with E-state index in [-0.39, 0.29) is 19.5 Å². The Hall–Kier alpha value is -1.22. The molecular weight excluding hydrogens is 306 g/mol. The third-order valence-corrected chi connectivity index (χ3v) is 4.02. The molecule has 23 heavy (non-hydrogen) atoms.